The number of allylic oxidation sites excluding steroid dienone is 3. The Balaban J connectivity index is 1.49. The molecule has 0 aliphatic carbocycles. The Kier molecular flexibility index (Phi) is 6.46. The van der Waals surface area contributed by atoms with E-state index >= 15 is 0 Å². The second kappa shape index (κ2) is 9.62. The number of anilines is 2. The minimum absolute atomic E-state index is 0.266. The number of urea groups is 1. The van der Waals surface area contributed by atoms with E-state index in [1.54, 1.807) is 12.4 Å². The highest BCUT2D eigenvalue weighted by Gasteiger charge is 2.18. The Bertz CT molecular complexity index is 1400. The maximum Gasteiger partial charge on any atom is 0.319 e. The number of fused-ring (bicyclic) bond motifs is 3. The first-order valence-corrected chi connectivity index (χ1v) is 11.2. The molecule has 4 N–H and O–H groups in total. The Morgan fingerprint density at radius 1 is 1.24 bits per heavy atom. The lowest BCUT2D eigenvalue weighted by atomic mass is 10.1. The van der Waals surface area contributed by atoms with Gasteiger partial charge in [0.05, 0.1) is 18.1 Å². The van der Waals surface area contributed by atoms with Crippen molar-refractivity contribution in [1.82, 2.24) is 15.3 Å². The monoisotopic (exact) mass is 457 g/mol. The number of nitrogens with two attached hydrogens (primary N) is 1. The highest BCUT2D eigenvalue weighted by atomic mass is 32.1. The molecule has 8 heteroatoms. The fourth-order valence-electron chi connectivity index (χ4n) is 3.45. The molecule has 3 aromatic heterocycles. The molecule has 4 aromatic rings. The third-order valence-electron chi connectivity index (χ3n) is 5.19. The summed E-state index contributed by atoms with van der Waals surface area (Å²) < 4.78 is 2.90. The van der Waals surface area contributed by atoms with Gasteiger partial charge in [-0.2, -0.15) is 0 Å². The summed E-state index contributed by atoms with van der Waals surface area (Å²) in [4.78, 5) is 22.2. The number of nitrogens with zero attached hydrogens (tertiary/aromatic N) is 3. The van der Waals surface area contributed by atoms with Gasteiger partial charge < -0.3 is 16.4 Å². The number of hydrogen-bond acceptors (Lipinski definition) is 5. The molecule has 166 valence electrons. The van der Waals surface area contributed by atoms with E-state index in [9.17, 15) is 4.79 Å². The number of aromatic nitrogens is 3. The Morgan fingerprint density at radius 2 is 2.03 bits per heavy atom. The quantitative estimate of drug-likeness (QED) is 0.288. The van der Waals surface area contributed by atoms with Gasteiger partial charge in [0.1, 0.15) is 9.53 Å². The number of pyridine rings is 1. The molecule has 0 saturated carbocycles. The van der Waals surface area contributed by atoms with Crippen LogP contribution < -0.4 is 20.9 Å². The van der Waals surface area contributed by atoms with Crippen LogP contribution in [0.3, 0.4) is 0 Å². The Labute approximate surface area is 196 Å². The third-order valence-corrected chi connectivity index (χ3v) is 6.30. The van der Waals surface area contributed by atoms with Gasteiger partial charge in [-0.3, -0.25) is 0 Å². The zero-order chi connectivity index (χ0) is 23.4. The molecule has 0 saturated heterocycles. The summed E-state index contributed by atoms with van der Waals surface area (Å²) in [5.41, 5.74) is 10.6. The van der Waals surface area contributed by atoms with Crippen molar-refractivity contribution in [3.05, 3.63) is 79.2 Å². The van der Waals surface area contributed by atoms with Crippen LogP contribution in [0.2, 0.25) is 0 Å². The molecule has 3 heterocycles. The molecule has 4 rings (SSSR count). The molecule has 0 radical (unpaired) electrons. The predicted octanol–water partition coefficient (Wildman–Crippen LogP) is 4.73. The van der Waals surface area contributed by atoms with Crippen LogP contribution in [0.4, 0.5) is 16.3 Å². The number of aryl methyl sites for hydroxylation is 1. The fourth-order valence-corrected chi connectivity index (χ4v) is 4.57. The van der Waals surface area contributed by atoms with E-state index in [0.29, 0.717) is 18.1 Å². The first-order valence-electron chi connectivity index (χ1n) is 10.4. The molecule has 1 aromatic carbocycles. The molecule has 0 spiro atoms. The number of nitrogens with one attached hydrogen (secondary N) is 2. The molecule has 0 fully saturated rings. The zero-order valence-corrected chi connectivity index (χ0v) is 19.3. The summed E-state index contributed by atoms with van der Waals surface area (Å²) in [6, 6.07) is 11.4. The summed E-state index contributed by atoms with van der Waals surface area (Å²) in [5, 5.41) is 6.75. The number of benzene rings is 1. The first kappa shape index (κ1) is 22.2. The minimum atomic E-state index is -0.266. The van der Waals surface area contributed by atoms with E-state index in [4.69, 9.17) is 10.7 Å². The number of rotatable bonds is 6. The van der Waals surface area contributed by atoms with E-state index in [0.717, 1.165) is 37.3 Å². The number of hydrogen-bond donors (Lipinski definition) is 3. The Morgan fingerprint density at radius 3 is 2.76 bits per heavy atom. The average Bonchev–Trinajstić information content (AvgIpc) is 3.22. The zero-order valence-electron chi connectivity index (χ0n) is 18.5. The van der Waals surface area contributed by atoms with Gasteiger partial charge in [0.15, 0.2) is 5.52 Å². The van der Waals surface area contributed by atoms with E-state index < -0.39 is 0 Å². The van der Waals surface area contributed by atoms with Crippen LogP contribution in [0.1, 0.15) is 6.92 Å². The lowest BCUT2D eigenvalue weighted by molar-refractivity contribution is -0.646. The molecule has 2 amide bonds. The van der Waals surface area contributed by atoms with Crippen molar-refractivity contribution >= 4 is 49.3 Å². The van der Waals surface area contributed by atoms with Crippen LogP contribution in [-0.4, -0.2) is 22.5 Å². The topological polar surface area (TPSA) is 96.8 Å². The molecule has 0 bridgehead atoms. The van der Waals surface area contributed by atoms with Gasteiger partial charge in [0.2, 0.25) is 0 Å². The molecular formula is C25H25N6OS+. The average molecular weight is 458 g/mol. The smallest absolute Gasteiger partial charge is 0.319 e. The van der Waals surface area contributed by atoms with Crippen molar-refractivity contribution in [3.63, 3.8) is 0 Å². The fraction of sp³-hybridized carbons (Fsp3) is 0.120. The summed E-state index contributed by atoms with van der Waals surface area (Å²) >= 11 is 1.54. The van der Waals surface area contributed by atoms with Crippen LogP contribution >= 0.6 is 11.3 Å². The van der Waals surface area contributed by atoms with Crippen molar-refractivity contribution in [3.8, 4) is 11.3 Å². The molecular weight excluding hydrogens is 432 g/mol. The number of carbonyl (C=O) groups is 1. The third kappa shape index (κ3) is 4.75. The molecule has 0 atom stereocenters. The van der Waals surface area contributed by atoms with Gasteiger partial charge in [-0.15, -0.1) is 11.3 Å². The van der Waals surface area contributed by atoms with Gasteiger partial charge in [-0.05, 0) is 41.7 Å². The van der Waals surface area contributed by atoms with Gasteiger partial charge >= 0.3 is 6.03 Å². The molecule has 33 heavy (non-hydrogen) atoms. The lowest BCUT2D eigenvalue weighted by Gasteiger charge is -2.09. The second-order valence-corrected chi connectivity index (χ2v) is 8.41. The van der Waals surface area contributed by atoms with E-state index in [1.165, 1.54) is 11.3 Å². The maximum absolute atomic E-state index is 12.2. The first-order chi connectivity index (χ1) is 16.0. The van der Waals surface area contributed by atoms with Crippen molar-refractivity contribution in [2.24, 2.45) is 7.05 Å². The number of amides is 2. The van der Waals surface area contributed by atoms with Crippen LogP contribution in [0.25, 0.3) is 31.7 Å². The number of thiophene rings is 1. The van der Waals surface area contributed by atoms with Crippen LogP contribution in [0.5, 0.6) is 0 Å². The summed E-state index contributed by atoms with van der Waals surface area (Å²) in [6.07, 6.45) is 9.11. The maximum atomic E-state index is 12.2. The largest absolute Gasteiger partial charge is 0.362 e. The van der Waals surface area contributed by atoms with Gasteiger partial charge in [-0.25, -0.2) is 14.3 Å². The SMILES string of the molecule is C=CC=CC(=CC)CNC(=O)Nc1ccc(-c2ccc3c(n2)sc2c(N)nc[n+](C)c23)cc1. The number of nitrogen functional groups attached to an aromatic ring is 1. The van der Waals surface area contributed by atoms with Crippen LogP contribution in [0, 0.1) is 0 Å². The van der Waals surface area contributed by atoms with E-state index in [-0.39, 0.29) is 6.03 Å². The molecule has 0 aliphatic heterocycles. The molecule has 0 unspecified atom stereocenters. The van der Waals surface area contributed by atoms with Crippen LogP contribution in [0.15, 0.2) is 79.2 Å². The van der Waals surface area contributed by atoms with E-state index in [2.05, 4.69) is 28.3 Å². The van der Waals surface area contributed by atoms with Crippen molar-refractivity contribution in [2.45, 2.75) is 6.92 Å². The summed E-state index contributed by atoms with van der Waals surface area (Å²) in [5.74, 6) is 0.514. The summed E-state index contributed by atoms with van der Waals surface area (Å²) in [7, 11) is 1.95. The predicted molar refractivity (Wildman–Crippen MR) is 136 cm³/mol. The highest BCUT2D eigenvalue weighted by molar-refractivity contribution is 7.25. The van der Waals surface area contributed by atoms with Gasteiger partial charge in [-0.1, -0.05) is 43.0 Å². The Hall–Kier alpha value is -4.04. The standard InChI is InChI=1S/C25H24N6OS/c1-4-6-7-16(5-2)14-27-25(32)29-18-10-8-17(9-11-18)20-13-12-19-21-22(33-24(19)30-20)23(26)28-15-31(21)3/h4-13,15H,1,14H2,2-3H3,(H3,26,27,29,30,32)/p+1. The number of carbonyl (C=O) groups excluding carboxylic acids is 1. The molecule has 0 aliphatic rings. The van der Waals surface area contributed by atoms with Crippen LogP contribution in [-0.2, 0) is 7.05 Å². The highest BCUT2D eigenvalue weighted by Crippen LogP contribution is 2.34. The summed E-state index contributed by atoms with van der Waals surface area (Å²) in [6.45, 7) is 6.01. The lowest BCUT2D eigenvalue weighted by Crippen LogP contribution is -2.30. The van der Waals surface area contributed by atoms with Crippen molar-refractivity contribution in [1.29, 1.82) is 0 Å². The van der Waals surface area contributed by atoms with Crippen molar-refractivity contribution < 1.29 is 9.36 Å². The molecule has 7 nitrogen and oxygen atoms in total. The normalized spacial score (nSPS) is 11.9. The minimum Gasteiger partial charge on any atom is -0.362 e. The van der Waals surface area contributed by atoms with E-state index in [1.807, 2.05) is 67.1 Å². The van der Waals surface area contributed by atoms with Gasteiger partial charge in [0, 0.05) is 17.8 Å². The van der Waals surface area contributed by atoms with Crippen molar-refractivity contribution in [2.75, 3.05) is 17.6 Å². The van der Waals surface area contributed by atoms with Gasteiger partial charge in [0.25, 0.3) is 12.1 Å². The second-order valence-electron chi connectivity index (χ2n) is 7.41.